The van der Waals surface area contributed by atoms with Crippen molar-refractivity contribution in [3.63, 3.8) is 0 Å². The summed E-state index contributed by atoms with van der Waals surface area (Å²) in [7, 11) is 0. The van der Waals surface area contributed by atoms with Gasteiger partial charge in [-0.1, -0.05) is 37.5 Å². The SMILES string of the molecule is Cc1ccccc1C(=O)Oc1ccc(/C=N/NC(=O)C2CCCCC2)cc1. The third kappa shape index (κ3) is 5.26. The molecule has 0 heterocycles. The summed E-state index contributed by atoms with van der Waals surface area (Å²) in [4.78, 5) is 24.3. The molecule has 5 heteroatoms. The average molecular weight is 364 g/mol. The molecule has 0 spiro atoms. The van der Waals surface area contributed by atoms with Gasteiger partial charge in [0.2, 0.25) is 5.91 Å². The van der Waals surface area contributed by atoms with Crippen molar-refractivity contribution in [1.82, 2.24) is 5.43 Å². The van der Waals surface area contributed by atoms with Crippen LogP contribution in [0.25, 0.3) is 0 Å². The van der Waals surface area contributed by atoms with E-state index >= 15 is 0 Å². The van der Waals surface area contributed by atoms with Crippen molar-refractivity contribution in [3.05, 3.63) is 65.2 Å². The molecule has 1 aliphatic carbocycles. The number of rotatable bonds is 5. The Labute approximate surface area is 159 Å². The van der Waals surface area contributed by atoms with E-state index in [0.29, 0.717) is 11.3 Å². The van der Waals surface area contributed by atoms with Crippen molar-refractivity contribution in [3.8, 4) is 5.75 Å². The minimum Gasteiger partial charge on any atom is -0.423 e. The Morgan fingerprint density at radius 2 is 1.74 bits per heavy atom. The summed E-state index contributed by atoms with van der Waals surface area (Å²) >= 11 is 0. The third-order valence-corrected chi connectivity index (χ3v) is 4.82. The van der Waals surface area contributed by atoms with E-state index in [1.54, 1.807) is 36.5 Å². The number of hydrogen-bond acceptors (Lipinski definition) is 4. The molecule has 27 heavy (non-hydrogen) atoms. The number of carbonyl (C=O) groups is 2. The van der Waals surface area contributed by atoms with Gasteiger partial charge in [-0.3, -0.25) is 4.79 Å². The first-order valence-electron chi connectivity index (χ1n) is 9.34. The zero-order chi connectivity index (χ0) is 19.1. The largest absolute Gasteiger partial charge is 0.423 e. The molecule has 1 saturated carbocycles. The van der Waals surface area contributed by atoms with E-state index in [0.717, 1.165) is 36.8 Å². The molecule has 2 aromatic rings. The fraction of sp³-hybridized carbons (Fsp3) is 0.318. The maximum atomic E-state index is 12.2. The molecule has 0 bridgehead atoms. The maximum Gasteiger partial charge on any atom is 0.343 e. The van der Waals surface area contributed by atoms with E-state index in [-0.39, 0.29) is 17.8 Å². The highest BCUT2D eigenvalue weighted by atomic mass is 16.5. The highest BCUT2D eigenvalue weighted by molar-refractivity contribution is 5.92. The quantitative estimate of drug-likeness (QED) is 0.373. The molecule has 0 radical (unpaired) electrons. The fourth-order valence-corrected chi connectivity index (χ4v) is 3.21. The summed E-state index contributed by atoms with van der Waals surface area (Å²) in [5, 5.41) is 4.03. The number of amides is 1. The smallest absolute Gasteiger partial charge is 0.343 e. The second-order valence-corrected chi connectivity index (χ2v) is 6.84. The molecule has 2 aromatic carbocycles. The predicted octanol–water partition coefficient (Wildman–Crippen LogP) is 4.24. The minimum atomic E-state index is -0.380. The summed E-state index contributed by atoms with van der Waals surface area (Å²) in [6.07, 6.45) is 6.93. The topological polar surface area (TPSA) is 67.8 Å². The van der Waals surface area contributed by atoms with Gasteiger partial charge in [0.05, 0.1) is 11.8 Å². The maximum absolute atomic E-state index is 12.2. The first-order chi connectivity index (χ1) is 13.1. The van der Waals surface area contributed by atoms with E-state index in [4.69, 9.17) is 4.74 Å². The Bertz CT molecular complexity index is 822. The number of aryl methyl sites for hydroxylation is 1. The van der Waals surface area contributed by atoms with Crippen LogP contribution in [-0.2, 0) is 4.79 Å². The van der Waals surface area contributed by atoms with Crippen LogP contribution in [-0.4, -0.2) is 18.1 Å². The molecule has 0 aromatic heterocycles. The predicted molar refractivity (Wildman–Crippen MR) is 105 cm³/mol. The molecule has 0 saturated heterocycles. The van der Waals surface area contributed by atoms with Crippen molar-refractivity contribution in [1.29, 1.82) is 0 Å². The van der Waals surface area contributed by atoms with Crippen molar-refractivity contribution >= 4 is 18.1 Å². The van der Waals surface area contributed by atoms with Crippen LogP contribution in [0.1, 0.15) is 53.6 Å². The Kier molecular flexibility index (Phi) is 6.36. The van der Waals surface area contributed by atoms with Crippen LogP contribution in [0.15, 0.2) is 53.6 Å². The second-order valence-electron chi connectivity index (χ2n) is 6.84. The van der Waals surface area contributed by atoms with Crippen LogP contribution in [0.5, 0.6) is 5.75 Å². The van der Waals surface area contributed by atoms with Crippen LogP contribution in [0.2, 0.25) is 0 Å². The van der Waals surface area contributed by atoms with Gasteiger partial charge < -0.3 is 4.74 Å². The van der Waals surface area contributed by atoms with Gasteiger partial charge in [0.1, 0.15) is 5.75 Å². The van der Waals surface area contributed by atoms with E-state index in [2.05, 4.69) is 10.5 Å². The molecular weight excluding hydrogens is 340 g/mol. The van der Waals surface area contributed by atoms with Gasteiger partial charge in [-0.15, -0.1) is 0 Å². The lowest BCUT2D eigenvalue weighted by atomic mass is 9.89. The number of ether oxygens (including phenoxy) is 1. The fourth-order valence-electron chi connectivity index (χ4n) is 3.21. The minimum absolute atomic E-state index is 0.00488. The number of nitrogens with one attached hydrogen (secondary N) is 1. The monoisotopic (exact) mass is 364 g/mol. The van der Waals surface area contributed by atoms with Crippen LogP contribution in [0, 0.1) is 12.8 Å². The lowest BCUT2D eigenvalue weighted by Gasteiger charge is -2.19. The lowest BCUT2D eigenvalue weighted by molar-refractivity contribution is -0.125. The lowest BCUT2D eigenvalue weighted by Crippen LogP contribution is -2.28. The molecule has 140 valence electrons. The molecular formula is C22H24N2O3. The Morgan fingerprint density at radius 3 is 2.44 bits per heavy atom. The second kappa shape index (κ2) is 9.12. The van der Waals surface area contributed by atoms with Crippen LogP contribution < -0.4 is 10.2 Å². The van der Waals surface area contributed by atoms with Gasteiger partial charge in [-0.05, 0) is 61.2 Å². The molecule has 0 unspecified atom stereocenters. The Morgan fingerprint density at radius 1 is 1.04 bits per heavy atom. The summed E-state index contributed by atoms with van der Waals surface area (Å²) in [5.74, 6) is 0.162. The van der Waals surface area contributed by atoms with Crippen molar-refractivity contribution < 1.29 is 14.3 Å². The van der Waals surface area contributed by atoms with E-state index in [1.165, 1.54) is 6.42 Å². The highest BCUT2D eigenvalue weighted by Gasteiger charge is 2.20. The summed E-state index contributed by atoms with van der Waals surface area (Å²) in [6.45, 7) is 1.87. The van der Waals surface area contributed by atoms with Crippen molar-refractivity contribution in [2.24, 2.45) is 11.0 Å². The van der Waals surface area contributed by atoms with Gasteiger partial charge in [0, 0.05) is 5.92 Å². The third-order valence-electron chi connectivity index (χ3n) is 4.82. The summed E-state index contributed by atoms with van der Waals surface area (Å²) < 4.78 is 5.41. The zero-order valence-corrected chi connectivity index (χ0v) is 15.5. The van der Waals surface area contributed by atoms with Gasteiger partial charge in [0.25, 0.3) is 0 Å². The first-order valence-corrected chi connectivity index (χ1v) is 9.34. The molecule has 5 nitrogen and oxygen atoms in total. The van der Waals surface area contributed by atoms with Crippen LogP contribution in [0.3, 0.4) is 0 Å². The molecule has 3 rings (SSSR count). The van der Waals surface area contributed by atoms with E-state index < -0.39 is 0 Å². The van der Waals surface area contributed by atoms with Gasteiger partial charge in [-0.2, -0.15) is 5.10 Å². The Hall–Kier alpha value is -2.95. The number of hydrazone groups is 1. The highest BCUT2D eigenvalue weighted by Crippen LogP contribution is 2.23. The Balaban J connectivity index is 1.53. The van der Waals surface area contributed by atoms with Crippen molar-refractivity contribution in [2.75, 3.05) is 0 Å². The molecule has 1 amide bonds. The molecule has 1 aliphatic rings. The molecule has 0 aliphatic heterocycles. The van der Waals surface area contributed by atoms with Crippen LogP contribution >= 0.6 is 0 Å². The number of carbonyl (C=O) groups excluding carboxylic acids is 2. The number of esters is 1. The average Bonchev–Trinajstić information content (AvgIpc) is 2.70. The number of benzene rings is 2. The normalized spacial score (nSPS) is 14.9. The molecule has 1 N–H and O–H groups in total. The van der Waals surface area contributed by atoms with Gasteiger partial charge in [0.15, 0.2) is 0 Å². The first kappa shape index (κ1) is 18.8. The summed E-state index contributed by atoms with van der Waals surface area (Å²) in [6, 6.07) is 14.3. The summed E-state index contributed by atoms with van der Waals surface area (Å²) in [5.41, 5.74) is 4.86. The molecule has 1 fully saturated rings. The van der Waals surface area contributed by atoms with Gasteiger partial charge >= 0.3 is 5.97 Å². The number of hydrogen-bond donors (Lipinski definition) is 1. The standard InChI is InChI=1S/C22H24N2O3/c1-16-7-5-6-10-20(16)22(26)27-19-13-11-17(12-14-19)15-23-24-21(25)18-8-3-2-4-9-18/h5-7,10-15,18H,2-4,8-9H2,1H3,(H,24,25)/b23-15+. The van der Waals surface area contributed by atoms with E-state index in [9.17, 15) is 9.59 Å². The van der Waals surface area contributed by atoms with Crippen molar-refractivity contribution in [2.45, 2.75) is 39.0 Å². The van der Waals surface area contributed by atoms with Gasteiger partial charge in [-0.25, -0.2) is 10.2 Å². The van der Waals surface area contributed by atoms with Crippen LogP contribution in [0.4, 0.5) is 0 Å². The molecule has 0 atom stereocenters. The zero-order valence-electron chi connectivity index (χ0n) is 15.5. The van der Waals surface area contributed by atoms with E-state index in [1.807, 2.05) is 25.1 Å². The number of nitrogens with zero attached hydrogens (tertiary/aromatic N) is 1.